The van der Waals surface area contributed by atoms with Crippen molar-refractivity contribution in [1.82, 2.24) is 30.0 Å². The maximum absolute atomic E-state index is 14.3. The van der Waals surface area contributed by atoms with Crippen LogP contribution >= 0.6 is 12.2 Å². The Labute approximate surface area is 178 Å². The lowest BCUT2D eigenvalue weighted by Crippen LogP contribution is -2.28. The average Bonchev–Trinajstić information content (AvgIpc) is 3.20. The van der Waals surface area contributed by atoms with Crippen LogP contribution in [0.1, 0.15) is 18.1 Å². The molecule has 4 rings (SSSR count). The van der Waals surface area contributed by atoms with Gasteiger partial charge in [0.15, 0.2) is 10.8 Å². The van der Waals surface area contributed by atoms with Crippen LogP contribution in [0.5, 0.6) is 0 Å². The number of aromatic nitrogens is 5. The summed E-state index contributed by atoms with van der Waals surface area (Å²) in [6.07, 6.45) is 5.18. The molecule has 0 atom stereocenters. The van der Waals surface area contributed by atoms with Crippen LogP contribution < -0.4 is 10.6 Å². The molecule has 0 aliphatic heterocycles. The third-order valence-electron chi connectivity index (χ3n) is 4.52. The Morgan fingerprint density at radius 2 is 2.03 bits per heavy atom. The molecule has 0 spiro atoms. The zero-order chi connectivity index (χ0) is 21.1. The molecule has 30 heavy (non-hydrogen) atoms. The van der Waals surface area contributed by atoms with Crippen molar-refractivity contribution >= 4 is 34.3 Å². The van der Waals surface area contributed by atoms with Crippen LogP contribution in [0.4, 0.5) is 10.2 Å². The van der Waals surface area contributed by atoms with Gasteiger partial charge >= 0.3 is 0 Å². The van der Waals surface area contributed by atoms with Crippen molar-refractivity contribution < 1.29 is 4.39 Å². The Bertz CT molecular complexity index is 1220. The number of pyridine rings is 1. The van der Waals surface area contributed by atoms with E-state index in [1.165, 1.54) is 0 Å². The molecule has 4 aromatic rings. The number of anilines is 1. The predicted octanol–water partition coefficient (Wildman–Crippen LogP) is 3.69. The predicted molar refractivity (Wildman–Crippen MR) is 119 cm³/mol. The van der Waals surface area contributed by atoms with E-state index in [1.54, 1.807) is 42.2 Å². The highest BCUT2D eigenvalue weighted by Gasteiger charge is 2.10. The molecule has 0 saturated carbocycles. The van der Waals surface area contributed by atoms with Gasteiger partial charge in [-0.3, -0.25) is 9.67 Å². The summed E-state index contributed by atoms with van der Waals surface area (Å²) in [5.41, 5.74) is 3.79. The molecule has 0 radical (unpaired) electrons. The quantitative estimate of drug-likeness (QED) is 0.476. The molecule has 152 valence electrons. The minimum atomic E-state index is -0.209. The van der Waals surface area contributed by atoms with E-state index in [0.717, 1.165) is 12.1 Å². The van der Waals surface area contributed by atoms with Crippen molar-refractivity contribution in [3.05, 3.63) is 65.9 Å². The molecule has 0 bridgehead atoms. The fourth-order valence-electron chi connectivity index (χ4n) is 3.01. The van der Waals surface area contributed by atoms with E-state index in [2.05, 4.69) is 30.7 Å². The minimum Gasteiger partial charge on any atom is -0.363 e. The van der Waals surface area contributed by atoms with Gasteiger partial charge in [0.25, 0.3) is 0 Å². The fourth-order valence-corrected chi connectivity index (χ4v) is 3.26. The van der Waals surface area contributed by atoms with E-state index >= 15 is 0 Å². The number of aryl methyl sites for hydroxylation is 1. The summed E-state index contributed by atoms with van der Waals surface area (Å²) in [7, 11) is 0. The second kappa shape index (κ2) is 8.50. The summed E-state index contributed by atoms with van der Waals surface area (Å²) < 4.78 is 16.0. The number of hydrogen-bond donors (Lipinski definition) is 2. The van der Waals surface area contributed by atoms with Crippen LogP contribution in [0.25, 0.3) is 22.4 Å². The molecule has 0 amide bonds. The third kappa shape index (κ3) is 4.25. The molecule has 3 heterocycles. The summed E-state index contributed by atoms with van der Waals surface area (Å²) in [5.74, 6) is 0.380. The molecule has 0 aliphatic carbocycles. The van der Waals surface area contributed by atoms with E-state index in [4.69, 9.17) is 12.2 Å². The van der Waals surface area contributed by atoms with Crippen molar-refractivity contribution in [1.29, 1.82) is 0 Å². The summed E-state index contributed by atoms with van der Waals surface area (Å²) in [5, 5.41) is 10.9. The van der Waals surface area contributed by atoms with Crippen molar-refractivity contribution in [3.8, 4) is 11.3 Å². The van der Waals surface area contributed by atoms with Gasteiger partial charge in [-0.15, -0.1) is 0 Å². The highest BCUT2D eigenvalue weighted by Crippen LogP contribution is 2.20. The third-order valence-corrected chi connectivity index (χ3v) is 4.77. The summed E-state index contributed by atoms with van der Waals surface area (Å²) in [6, 6.07) is 8.98. The van der Waals surface area contributed by atoms with E-state index in [-0.39, 0.29) is 5.82 Å². The normalized spacial score (nSPS) is 10.9. The lowest BCUT2D eigenvalue weighted by Gasteiger charge is -2.08. The molecule has 0 unspecified atom stereocenters. The Morgan fingerprint density at radius 1 is 1.17 bits per heavy atom. The average molecular weight is 422 g/mol. The van der Waals surface area contributed by atoms with Gasteiger partial charge in [0, 0.05) is 23.9 Å². The first kappa shape index (κ1) is 19.8. The number of nitrogens with one attached hydrogen (secondary N) is 2. The van der Waals surface area contributed by atoms with Crippen LogP contribution in [0.3, 0.4) is 0 Å². The topological polar surface area (TPSA) is 80.5 Å². The van der Waals surface area contributed by atoms with Crippen LogP contribution in [-0.4, -0.2) is 36.4 Å². The number of hydrogen-bond acceptors (Lipinski definition) is 5. The van der Waals surface area contributed by atoms with Crippen molar-refractivity contribution in [2.24, 2.45) is 0 Å². The SMILES string of the molecule is CCNC(=S)Nc1ccc2ncc(-c3cnn(Cc4cccc(C)c4F)c3)nc2n1. The molecular formula is C21H20FN7S. The van der Waals surface area contributed by atoms with Gasteiger partial charge in [0.1, 0.15) is 17.2 Å². The zero-order valence-electron chi connectivity index (χ0n) is 16.6. The van der Waals surface area contributed by atoms with Crippen LogP contribution in [0, 0.1) is 12.7 Å². The smallest absolute Gasteiger partial charge is 0.180 e. The highest BCUT2D eigenvalue weighted by atomic mass is 32.1. The Balaban J connectivity index is 1.58. The standard InChI is InChI=1S/C21H20FN7S/c1-3-23-21(30)28-18-8-7-16-20(27-18)26-17(10-24-16)15-9-25-29(12-15)11-14-6-4-5-13(2)19(14)22/h4-10,12H,3,11H2,1-2H3,(H2,23,26,27,28,30). The second-order valence-electron chi connectivity index (χ2n) is 6.75. The molecule has 0 aliphatic rings. The van der Waals surface area contributed by atoms with Gasteiger partial charge in [-0.25, -0.2) is 14.4 Å². The molecule has 9 heteroatoms. The highest BCUT2D eigenvalue weighted by molar-refractivity contribution is 7.80. The van der Waals surface area contributed by atoms with Gasteiger partial charge in [-0.05, 0) is 43.8 Å². The Morgan fingerprint density at radius 3 is 2.87 bits per heavy atom. The van der Waals surface area contributed by atoms with Gasteiger partial charge in [0.2, 0.25) is 0 Å². The molecule has 7 nitrogen and oxygen atoms in total. The first-order valence-electron chi connectivity index (χ1n) is 9.49. The van der Waals surface area contributed by atoms with E-state index in [0.29, 0.717) is 45.5 Å². The first-order valence-corrected chi connectivity index (χ1v) is 9.90. The summed E-state index contributed by atoms with van der Waals surface area (Å²) in [6.45, 7) is 4.77. The summed E-state index contributed by atoms with van der Waals surface area (Å²) in [4.78, 5) is 13.5. The number of nitrogens with zero attached hydrogens (tertiary/aromatic N) is 5. The van der Waals surface area contributed by atoms with E-state index < -0.39 is 0 Å². The molecule has 3 aromatic heterocycles. The number of thiocarbonyl (C=S) groups is 1. The molecular weight excluding hydrogens is 401 g/mol. The lowest BCUT2D eigenvalue weighted by atomic mass is 10.1. The van der Waals surface area contributed by atoms with Crippen LogP contribution in [0.2, 0.25) is 0 Å². The van der Waals surface area contributed by atoms with Crippen LogP contribution in [0.15, 0.2) is 48.9 Å². The number of rotatable bonds is 5. The monoisotopic (exact) mass is 421 g/mol. The van der Waals surface area contributed by atoms with Gasteiger partial charge in [-0.1, -0.05) is 18.2 Å². The van der Waals surface area contributed by atoms with Gasteiger partial charge in [0.05, 0.1) is 24.6 Å². The van der Waals surface area contributed by atoms with Crippen molar-refractivity contribution in [3.63, 3.8) is 0 Å². The number of halogens is 1. The van der Waals surface area contributed by atoms with Gasteiger partial charge < -0.3 is 10.6 Å². The Kier molecular flexibility index (Phi) is 5.62. The first-order chi connectivity index (χ1) is 14.5. The Hall–Kier alpha value is -3.46. The summed E-state index contributed by atoms with van der Waals surface area (Å²) >= 11 is 5.20. The molecule has 1 aromatic carbocycles. The van der Waals surface area contributed by atoms with E-state index in [1.807, 2.05) is 25.3 Å². The largest absolute Gasteiger partial charge is 0.363 e. The minimum absolute atomic E-state index is 0.209. The maximum Gasteiger partial charge on any atom is 0.180 e. The van der Waals surface area contributed by atoms with Crippen molar-refractivity contribution in [2.45, 2.75) is 20.4 Å². The zero-order valence-corrected chi connectivity index (χ0v) is 17.4. The molecule has 0 saturated heterocycles. The van der Waals surface area contributed by atoms with Crippen LogP contribution in [-0.2, 0) is 6.54 Å². The van der Waals surface area contributed by atoms with Crippen molar-refractivity contribution in [2.75, 3.05) is 11.9 Å². The van der Waals surface area contributed by atoms with E-state index in [9.17, 15) is 4.39 Å². The maximum atomic E-state index is 14.3. The number of benzene rings is 1. The second-order valence-corrected chi connectivity index (χ2v) is 7.16. The number of fused-ring (bicyclic) bond motifs is 1. The molecule has 0 fully saturated rings. The fraction of sp³-hybridized carbons (Fsp3) is 0.190. The lowest BCUT2D eigenvalue weighted by molar-refractivity contribution is 0.578. The van der Waals surface area contributed by atoms with Gasteiger partial charge in [-0.2, -0.15) is 5.10 Å². The molecule has 2 N–H and O–H groups in total.